The summed E-state index contributed by atoms with van der Waals surface area (Å²) in [5.41, 5.74) is 1.73. The van der Waals surface area contributed by atoms with Gasteiger partial charge in [-0.25, -0.2) is 4.98 Å². The molecule has 0 unspecified atom stereocenters. The van der Waals surface area contributed by atoms with Crippen LogP contribution >= 0.6 is 11.3 Å². The van der Waals surface area contributed by atoms with E-state index in [0.717, 1.165) is 15.8 Å². The number of ether oxygens (including phenoxy) is 1. The van der Waals surface area contributed by atoms with E-state index >= 15 is 0 Å². The average molecular weight is 361 g/mol. The van der Waals surface area contributed by atoms with Crippen LogP contribution < -0.4 is 10.1 Å². The van der Waals surface area contributed by atoms with Crippen molar-refractivity contribution in [2.75, 3.05) is 12.4 Å². The van der Waals surface area contributed by atoms with Crippen molar-refractivity contribution in [3.05, 3.63) is 40.1 Å². The van der Waals surface area contributed by atoms with Gasteiger partial charge in [-0.3, -0.25) is 19.6 Å². The first-order valence-electron chi connectivity index (χ1n) is 7.39. The molecule has 3 rings (SSSR count). The van der Waals surface area contributed by atoms with E-state index in [-0.39, 0.29) is 30.4 Å². The zero-order chi connectivity index (χ0) is 18.0. The molecule has 3 aromatic rings. The average Bonchev–Trinajstić information content (AvgIpc) is 3.15. The Kier molecular flexibility index (Phi) is 4.61. The minimum atomic E-state index is -0.578. The summed E-state index contributed by atoms with van der Waals surface area (Å²) in [5, 5.41) is 18.1. The minimum absolute atomic E-state index is 0.0769. The summed E-state index contributed by atoms with van der Waals surface area (Å²) >= 11 is 1.40. The lowest BCUT2D eigenvalue weighted by atomic mass is 10.2. The molecule has 0 aliphatic carbocycles. The van der Waals surface area contributed by atoms with Gasteiger partial charge in [0.25, 0.3) is 0 Å². The number of fused-ring (bicyclic) bond motifs is 1. The summed E-state index contributed by atoms with van der Waals surface area (Å²) in [5.74, 6) is -0.320. The number of rotatable bonds is 6. The van der Waals surface area contributed by atoms with Crippen LogP contribution in [0.15, 0.2) is 24.4 Å². The van der Waals surface area contributed by atoms with Crippen molar-refractivity contribution in [2.45, 2.75) is 19.9 Å². The first-order valence-corrected chi connectivity index (χ1v) is 8.21. The van der Waals surface area contributed by atoms with E-state index in [1.54, 1.807) is 0 Å². The molecule has 1 amide bonds. The van der Waals surface area contributed by atoms with Crippen molar-refractivity contribution in [2.24, 2.45) is 0 Å². The lowest BCUT2D eigenvalue weighted by Crippen LogP contribution is -2.14. The minimum Gasteiger partial charge on any atom is -0.475 e. The fourth-order valence-electron chi connectivity index (χ4n) is 2.26. The van der Waals surface area contributed by atoms with Crippen LogP contribution in [0.3, 0.4) is 0 Å². The third-order valence-corrected chi connectivity index (χ3v) is 4.39. The highest BCUT2D eigenvalue weighted by Gasteiger charge is 2.20. The van der Waals surface area contributed by atoms with Crippen LogP contribution in [0.5, 0.6) is 5.88 Å². The van der Waals surface area contributed by atoms with Crippen molar-refractivity contribution >= 4 is 38.3 Å². The summed E-state index contributed by atoms with van der Waals surface area (Å²) in [6.45, 7) is 2.19. The van der Waals surface area contributed by atoms with Gasteiger partial charge in [-0.1, -0.05) is 17.4 Å². The van der Waals surface area contributed by atoms with Gasteiger partial charge < -0.3 is 10.1 Å². The van der Waals surface area contributed by atoms with Crippen molar-refractivity contribution < 1.29 is 14.5 Å². The quantitative estimate of drug-likeness (QED) is 0.534. The van der Waals surface area contributed by atoms with Crippen molar-refractivity contribution in [1.82, 2.24) is 14.8 Å². The summed E-state index contributed by atoms with van der Waals surface area (Å²) in [7, 11) is 1.31. The van der Waals surface area contributed by atoms with E-state index in [9.17, 15) is 14.9 Å². The molecular weight excluding hydrogens is 346 g/mol. The Morgan fingerprint density at radius 1 is 1.48 bits per heavy atom. The maximum Gasteiger partial charge on any atom is 0.350 e. The molecule has 2 heterocycles. The van der Waals surface area contributed by atoms with Gasteiger partial charge in [0, 0.05) is 6.42 Å². The van der Waals surface area contributed by atoms with Gasteiger partial charge in [0.1, 0.15) is 6.20 Å². The maximum absolute atomic E-state index is 12.1. The highest BCUT2D eigenvalue weighted by atomic mass is 32.1. The molecule has 10 heteroatoms. The van der Waals surface area contributed by atoms with E-state index in [2.05, 4.69) is 15.4 Å². The normalized spacial score (nSPS) is 10.8. The molecule has 0 saturated carbocycles. The Bertz CT molecular complexity index is 949. The first kappa shape index (κ1) is 16.8. The third-order valence-electron chi connectivity index (χ3n) is 3.46. The SMILES string of the molecule is COc1nn(CCC(=O)Nc2nc3ccc(C)cc3s2)cc1[N+](=O)[O-]. The third kappa shape index (κ3) is 3.74. The van der Waals surface area contributed by atoms with Gasteiger partial charge in [-0.2, -0.15) is 0 Å². The molecule has 0 radical (unpaired) electrons. The molecule has 0 saturated heterocycles. The number of carbonyl (C=O) groups is 1. The predicted molar refractivity (Wildman–Crippen MR) is 93.0 cm³/mol. The van der Waals surface area contributed by atoms with Gasteiger partial charge in [0.15, 0.2) is 5.13 Å². The molecule has 1 aromatic carbocycles. The first-order chi connectivity index (χ1) is 12.0. The number of nitrogens with zero attached hydrogens (tertiary/aromatic N) is 4. The fraction of sp³-hybridized carbons (Fsp3) is 0.267. The largest absolute Gasteiger partial charge is 0.475 e. The van der Waals surface area contributed by atoms with E-state index in [4.69, 9.17) is 4.74 Å². The van der Waals surface area contributed by atoms with Crippen LogP contribution in [-0.4, -0.2) is 32.7 Å². The molecule has 2 aromatic heterocycles. The number of thiazole rings is 1. The van der Waals surface area contributed by atoms with Crippen LogP contribution in [0.2, 0.25) is 0 Å². The molecule has 0 aliphatic rings. The van der Waals surface area contributed by atoms with Crippen LogP contribution in [-0.2, 0) is 11.3 Å². The molecule has 25 heavy (non-hydrogen) atoms. The van der Waals surface area contributed by atoms with E-state index in [0.29, 0.717) is 5.13 Å². The molecule has 0 aliphatic heterocycles. The molecule has 0 atom stereocenters. The van der Waals surface area contributed by atoms with Gasteiger partial charge in [0.2, 0.25) is 5.91 Å². The number of nitrogens with one attached hydrogen (secondary N) is 1. The van der Waals surface area contributed by atoms with Crippen LogP contribution in [0.4, 0.5) is 10.8 Å². The monoisotopic (exact) mass is 361 g/mol. The van der Waals surface area contributed by atoms with Crippen LogP contribution in [0.1, 0.15) is 12.0 Å². The smallest absolute Gasteiger partial charge is 0.350 e. The highest BCUT2D eigenvalue weighted by molar-refractivity contribution is 7.22. The van der Waals surface area contributed by atoms with Gasteiger partial charge >= 0.3 is 11.6 Å². The number of benzene rings is 1. The lowest BCUT2D eigenvalue weighted by Gasteiger charge is -2.01. The van der Waals surface area contributed by atoms with Gasteiger partial charge in [-0.15, -0.1) is 5.10 Å². The molecule has 0 fully saturated rings. The van der Waals surface area contributed by atoms with E-state index in [1.165, 1.54) is 29.3 Å². The number of hydrogen-bond donors (Lipinski definition) is 1. The fourth-order valence-corrected chi connectivity index (χ4v) is 3.24. The second kappa shape index (κ2) is 6.85. The topological polar surface area (TPSA) is 112 Å². The molecule has 1 N–H and O–H groups in total. The number of carbonyl (C=O) groups excluding carboxylic acids is 1. The van der Waals surface area contributed by atoms with Gasteiger partial charge in [-0.05, 0) is 24.6 Å². The summed E-state index contributed by atoms with van der Waals surface area (Å²) in [6.07, 6.45) is 1.35. The molecule has 9 nitrogen and oxygen atoms in total. The summed E-state index contributed by atoms with van der Waals surface area (Å²) in [6, 6.07) is 5.88. The zero-order valence-electron chi connectivity index (χ0n) is 13.6. The standard InChI is InChI=1S/C15H15N5O4S/c1-9-3-4-10-12(7-9)25-15(16-10)17-13(21)5-6-19-8-11(20(22)23)14(18-19)24-2/h3-4,7-8H,5-6H2,1-2H3,(H,16,17,21). The Hall–Kier alpha value is -3.01. The number of nitro groups is 1. The Morgan fingerprint density at radius 3 is 2.96 bits per heavy atom. The summed E-state index contributed by atoms with van der Waals surface area (Å²) in [4.78, 5) is 26.7. The predicted octanol–water partition coefficient (Wildman–Crippen LogP) is 2.75. The highest BCUT2D eigenvalue weighted by Crippen LogP contribution is 2.27. The van der Waals surface area contributed by atoms with Crippen molar-refractivity contribution in [3.8, 4) is 5.88 Å². The summed E-state index contributed by atoms with van der Waals surface area (Å²) < 4.78 is 7.17. The molecular formula is C15H15N5O4S. The number of aromatic nitrogens is 3. The number of hydrogen-bond acceptors (Lipinski definition) is 7. The van der Waals surface area contributed by atoms with E-state index in [1.807, 2.05) is 25.1 Å². The number of aryl methyl sites for hydroxylation is 2. The Morgan fingerprint density at radius 2 is 2.28 bits per heavy atom. The second-order valence-electron chi connectivity index (χ2n) is 5.33. The molecule has 0 bridgehead atoms. The van der Waals surface area contributed by atoms with Crippen LogP contribution in [0.25, 0.3) is 10.2 Å². The number of anilines is 1. The Labute approximate surface area is 146 Å². The zero-order valence-corrected chi connectivity index (χ0v) is 14.4. The van der Waals surface area contributed by atoms with E-state index < -0.39 is 4.92 Å². The Balaban J connectivity index is 1.63. The van der Waals surface area contributed by atoms with Gasteiger partial charge in [0.05, 0.1) is 28.8 Å². The maximum atomic E-state index is 12.1. The van der Waals surface area contributed by atoms with Crippen LogP contribution in [0, 0.1) is 17.0 Å². The second-order valence-corrected chi connectivity index (χ2v) is 6.36. The number of methoxy groups -OCH3 is 1. The molecule has 0 spiro atoms. The molecule has 130 valence electrons. The van der Waals surface area contributed by atoms with Crippen molar-refractivity contribution in [3.63, 3.8) is 0 Å². The lowest BCUT2D eigenvalue weighted by molar-refractivity contribution is -0.385. The van der Waals surface area contributed by atoms with Crippen molar-refractivity contribution in [1.29, 1.82) is 0 Å². The number of amides is 1.